The van der Waals surface area contributed by atoms with Crippen LogP contribution in [0.4, 0.5) is 0 Å². The van der Waals surface area contributed by atoms with Gasteiger partial charge in [-0.1, -0.05) is 13.8 Å². The zero-order chi connectivity index (χ0) is 14.0. The molecule has 2 N–H and O–H groups in total. The van der Waals surface area contributed by atoms with Crippen molar-refractivity contribution in [3.63, 3.8) is 0 Å². The number of hydrogen-bond acceptors (Lipinski definition) is 3. The zero-order valence-electron chi connectivity index (χ0n) is 12.8. The van der Waals surface area contributed by atoms with E-state index in [1.54, 1.807) is 0 Å². The molecule has 0 aromatic carbocycles. The lowest BCUT2D eigenvalue weighted by molar-refractivity contribution is -0.124. The van der Waals surface area contributed by atoms with Gasteiger partial charge in [-0.15, -0.1) is 0 Å². The Bertz CT molecular complexity index is 325. The van der Waals surface area contributed by atoms with Crippen LogP contribution in [0.3, 0.4) is 0 Å². The van der Waals surface area contributed by atoms with Gasteiger partial charge in [-0.25, -0.2) is 0 Å². The van der Waals surface area contributed by atoms with E-state index < -0.39 is 0 Å². The fourth-order valence-corrected chi connectivity index (χ4v) is 3.71. The molecule has 2 rings (SSSR count). The summed E-state index contributed by atoms with van der Waals surface area (Å²) in [5, 5.41) is 6.63. The summed E-state index contributed by atoms with van der Waals surface area (Å²) in [7, 11) is 0. The molecule has 19 heavy (non-hydrogen) atoms. The summed E-state index contributed by atoms with van der Waals surface area (Å²) < 4.78 is 0. The third kappa shape index (κ3) is 2.95. The van der Waals surface area contributed by atoms with Crippen molar-refractivity contribution in [1.29, 1.82) is 0 Å². The van der Waals surface area contributed by atoms with E-state index in [1.165, 1.54) is 0 Å². The highest BCUT2D eigenvalue weighted by Gasteiger charge is 2.49. The number of amides is 1. The van der Waals surface area contributed by atoms with Crippen molar-refractivity contribution in [3.8, 4) is 0 Å². The molecule has 110 valence electrons. The average Bonchev–Trinajstić information content (AvgIpc) is 2.91. The van der Waals surface area contributed by atoms with Crippen LogP contribution in [0.1, 0.15) is 40.5 Å². The van der Waals surface area contributed by atoms with Gasteiger partial charge < -0.3 is 10.6 Å². The van der Waals surface area contributed by atoms with Crippen molar-refractivity contribution in [2.75, 3.05) is 26.2 Å². The van der Waals surface area contributed by atoms with Gasteiger partial charge in [0.2, 0.25) is 5.91 Å². The van der Waals surface area contributed by atoms with Crippen molar-refractivity contribution in [2.24, 2.45) is 11.8 Å². The number of likely N-dealkylation sites (tertiary alicyclic amines) is 1. The highest BCUT2D eigenvalue weighted by Crippen LogP contribution is 2.40. The molecule has 1 amide bonds. The number of nitrogens with one attached hydrogen (secondary N) is 2. The molecule has 0 saturated carbocycles. The van der Waals surface area contributed by atoms with Gasteiger partial charge in [0, 0.05) is 24.7 Å². The molecule has 2 unspecified atom stereocenters. The normalized spacial score (nSPS) is 29.7. The van der Waals surface area contributed by atoms with Crippen LogP contribution in [0.25, 0.3) is 0 Å². The quantitative estimate of drug-likeness (QED) is 0.787. The Balaban J connectivity index is 1.91. The molecule has 2 aliphatic rings. The highest BCUT2D eigenvalue weighted by molar-refractivity contribution is 5.78. The van der Waals surface area contributed by atoms with Crippen molar-refractivity contribution in [2.45, 2.75) is 52.1 Å². The predicted molar refractivity (Wildman–Crippen MR) is 78.0 cm³/mol. The first-order chi connectivity index (χ1) is 8.98. The van der Waals surface area contributed by atoms with Crippen LogP contribution in [0.5, 0.6) is 0 Å². The lowest BCUT2D eigenvalue weighted by Gasteiger charge is -2.35. The molecule has 2 atom stereocenters. The topological polar surface area (TPSA) is 44.4 Å². The van der Waals surface area contributed by atoms with Gasteiger partial charge in [-0.2, -0.15) is 0 Å². The summed E-state index contributed by atoms with van der Waals surface area (Å²) in [4.78, 5) is 14.5. The van der Waals surface area contributed by atoms with Gasteiger partial charge in [-0.05, 0) is 45.1 Å². The first kappa shape index (κ1) is 14.8. The third-order valence-corrected chi connectivity index (χ3v) is 5.20. The van der Waals surface area contributed by atoms with Crippen molar-refractivity contribution in [1.82, 2.24) is 15.5 Å². The largest absolute Gasteiger partial charge is 0.352 e. The predicted octanol–water partition coefficient (Wildman–Crippen LogP) is 1.22. The van der Waals surface area contributed by atoms with Gasteiger partial charge in [0.05, 0.1) is 6.54 Å². The Labute approximate surface area is 117 Å². The van der Waals surface area contributed by atoms with E-state index in [0.717, 1.165) is 38.4 Å². The van der Waals surface area contributed by atoms with Crippen LogP contribution in [0, 0.1) is 11.8 Å². The Kier molecular flexibility index (Phi) is 4.51. The first-order valence-electron chi connectivity index (χ1n) is 7.74. The Hall–Kier alpha value is -0.610. The number of carbonyl (C=O) groups is 1. The Morgan fingerprint density at radius 1 is 1.37 bits per heavy atom. The summed E-state index contributed by atoms with van der Waals surface area (Å²) >= 11 is 0. The molecule has 2 fully saturated rings. The minimum atomic E-state index is 0.138. The van der Waals surface area contributed by atoms with Crippen LogP contribution < -0.4 is 10.6 Å². The highest BCUT2D eigenvalue weighted by atomic mass is 16.2. The summed E-state index contributed by atoms with van der Waals surface area (Å²) in [5.74, 6) is 1.60. The lowest BCUT2D eigenvalue weighted by Crippen LogP contribution is -2.49. The molecule has 0 bridgehead atoms. The molecule has 2 aliphatic heterocycles. The van der Waals surface area contributed by atoms with E-state index >= 15 is 0 Å². The number of rotatable bonds is 5. The van der Waals surface area contributed by atoms with Crippen molar-refractivity contribution in [3.05, 3.63) is 0 Å². The molecule has 0 aromatic rings. The van der Waals surface area contributed by atoms with E-state index in [4.69, 9.17) is 0 Å². The number of carbonyl (C=O) groups excluding carboxylic acids is 1. The van der Waals surface area contributed by atoms with Gasteiger partial charge in [0.15, 0.2) is 0 Å². The second-order valence-corrected chi connectivity index (χ2v) is 6.64. The summed E-state index contributed by atoms with van der Waals surface area (Å²) in [5.41, 5.74) is 0.138. The van der Waals surface area contributed by atoms with Crippen LogP contribution in [0.15, 0.2) is 0 Å². The van der Waals surface area contributed by atoms with E-state index in [0.29, 0.717) is 18.5 Å². The van der Waals surface area contributed by atoms with Crippen molar-refractivity contribution >= 4 is 5.91 Å². The fourth-order valence-electron chi connectivity index (χ4n) is 3.71. The van der Waals surface area contributed by atoms with E-state index in [2.05, 4.69) is 43.2 Å². The molecule has 0 radical (unpaired) electrons. The molecule has 4 nitrogen and oxygen atoms in total. The monoisotopic (exact) mass is 267 g/mol. The molecule has 0 aromatic heterocycles. The van der Waals surface area contributed by atoms with E-state index in [9.17, 15) is 4.79 Å². The lowest BCUT2D eigenvalue weighted by atomic mass is 9.85. The summed E-state index contributed by atoms with van der Waals surface area (Å²) in [6.07, 6.45) is 2.03. The molecular formula is C15H29N3O. The minimum Gasteiger partial charge on any atom is -0.352 e. The summed E-state index contributed by atoms with van der Waals surface area (Å²) in [6, 6.07) is 0.333. The van der Waals surface area contributed by atoms with Gasteiger partial charge in [0.1, 0.15) is 0 Å². The SMILES string of the molecule is CCC(CC)NC(=O)CN1CC2CNCC2C1(C)C. The van der Waals surface area contributed by atoms with Gasteiger partial charge in [0.25, 0.3) is 0 Å². The zero-order valence-corrected chi connectivity index (χ0v) is 12.8. The second kappa shape index (κ2) is 5.80. The van der Waals surface area contributed by atoms with Crippen LogP contribution in [0.2, 0.25) is 0 Å². The van der Waals surface area contributed by atoms with Gasteiger partial charge in [-0.3, -0.25) is 9.69 Å². The molecular weight excluding hydrogens is 238 g/mol. The molecule has 4 heteroatoms. The number of nitrogens with zero attached hydrogens (tertiary/aromatic N) is 1. The summed E-state index contributed by atoms with van der Waals surface area (Å²) in [6.45, 7) is 12.7. The Morgan fingerprint density at radius 2 is 2.05 bits per heavy atom. The maximum atomic E-state index is 12.2. The van der Waals surface area contributed by atoms with E-state index in [1.807, 2.05) is 0 Å². The number of fused-ring (bicyclic) bond motifs is 1. The van der Waals surface area contributed by atoms with Crippen LogP contribution in [-0.2, 0) is 4.79 Å². The minimum absolute atomic E-state index is 0.138. The first-order valence-corrected chi connectivity index (χ1v) is 7.74. The van der Waals surface area contributed by atoms with E-state index in [-0.39, 0.29) is 11.4 Å². The van der Waals surface area contributed by atoms with Gasteiger partial charge >= 0.3 is 0 Å². The van der Waals surface area contributed by atoms with Crippen LogP contribution in [-0.4, -0.2) is 48.6 Å². The molecule has 0 spiro atoms. The number of hydrogen-bond donors (Lipinski definition) is 2. The third-order valence-electron chi connectivity index (χ3n) is 5.20. The average molecular weight is 267 g/mol. The maximum absolute atomic E-state index is 12.2. The smallest absolute Gasteiger partial charge is 0.234 e. The maximum Gasteiger partial charge on any atom is 0.234 e. The fraction of sp³-hybridized carbons (Fsp3) is 0.933. The molecule has 2 heterocycles. The Morgan fingerprint density at radius 3 is 2.63 bits per heavy atom. The van der Waals surface area contributed by atoms with Crippen molar-refractivity contribution < 1.29 is 4.79 Å². The second-order valence-electron chi connectivity index (χ2n) is 6.64. The molecule has 0 aliphatic carbocycles. The van der Waals surface area contributed by atoms with Crippen LogP contribution >= 0.6 is 0 Å². The molecule has 2 saturated heterocycles. The standard InChI is InChI=1S/C15H29N3O/c1-5-12(6-2)17-14(19)10-18-9-11-7-16-8-13(11)15(18,3)4/h11-13,16H,5-10H2,1-4H3,(H,17,19).